The van der Waals surface area contributed by atoms with Crippen LogP contribution in [0.25, 0.3) is 5.65 Å². The molecule has 122 valence electrons. The van der Waals surface area contributed by atoms with Crippen LogP contribution in [-0.2, 0) is 10.2 Å². The number of carbonyl (C=O) groups is 1. The van der Waals surface area contributed by atoms with Crippen molar-refractivity contribution in [2.75, 3.05) is 18.4 Å². The smallest absolute Gasteiger partial charge is 0.225 e. The van der Waals surface area contributed by atoms with E-state index in [0.29, 0.717) is 19.5 Å². The molecule has 0 unspecified atom stereocenters. The molecule has 1 aliphatic heterocycles. The van der Waals surface area contributed by atoms with Crippen molar-refractivity contribution in [2.45, 2.75) is 11.8 Å². The molecule has 0 spiro atoms. The molecule has 0 radical (unpaired) electrons. The minimum atomic E-state index is -0.267. The van der Waals surface area contributed by atoms with Crippen molar-refractivity contribution >= 4 is 17.2 Å². The van der Waals surface area contributed by atoms with Crippen LogP contribution in [0.2, 0.25) is 0 Å². The summed E-state index contributed by atoms with van der Waals surface area (Å²) in [5.74, 6) is -0.320. The summed E-state index contributed by atoms with van der Waals surface area (Å²) in [6, 6.07) is 10.1. The second-order valence-corrected chi connectivity index (χ2v) is 6.23. The van der Waals surface area contributed by atoms with Crippen molar-refractivity contribution in [3.63, 3.8) is 0 Å². The van der Waals surface area contributed by atoms with Crippen LogP contribution in [0.3, 0.4) is 0 Å². The quantitative estimate of drug-likeness (QED) is 0.774. The molecular weight excluding hydrogens is 307 g/mol. The lowest BCUT2D eigenvalue weighted by molar-refractivity contribution is -0.117. The molecule has 1 fully saturated rings. The van der Waals surface area contributed by atoms with Crippen molar-refractivity contribution in [2.24, 2.45) is 0 Å². The predicted octanol–water partition coefficient (Wildman–Crippen LogP) is 2.34. The summed E-state index contributed by atoms with van der Waals surface area (Å²) in [5, 5.41) is 6.16. The number of benzene rings is 1. The molecule has 5 nitrogen and oxygen atoms in total. The summed E-state index contributed by atoms with van der Waals surface area (Å²) in [6.45, 7) is 1.43. The van der Waals surface area contributed by atoms with Crippen LogP contribution in [0.5, 0.6) is 0 Å². The zero-order chi connectivity index (χ0) is 16.6. The van der Waals surface area contributed by atoms with E-state index in [4.69, 9.17) is 0 Å². The Bertz CT molecular complexity index is 883. The zero-order valence-electron chi connectivity index (χ0n) is 13.0. The number of halogens is 1. The first-order chi connectivity index (χ1) is 11.6. The highest BCUT2D eigenvalue weighted by Crippen LogP contribution is 2.32. The van der Waals surface area contributed by atoms with Gasteiger partial charge in [-0.3, -0.25) is 4.79 Å². The van der Waals surface area contributed by atoms with Gasteiger partial charge in [-0.2, -0.15) is 0 Å². The molecule has 1 aliphatic rings. The lowest BCUT2D eigenvalue weighted by atomic mass is 9.72. The van der Waals surface area contributed by atoms with Gasteiger partial charge in [0.15, 0.2) is 0 Å². The highest BCUT2D eigenvalue weighted by atomic mass is 19.1. The molecule has 0 atom stereocenters. The number of nitrogens with one attached hydrogen (secondary N) is 2. The Balaban J connectivity index is 1.50. The Hall–Kier alpha value is -2.73. The average Bonchev–Trinajstić information content (AvgIpc) is 2.99. The monoisotopic (exact) mass is 324 g/mol. The molecule has 2 aromatic heterocycles. The standard InChI is InChI=1S/C18H17FN4O/c19-14-3-1-13(2-4-14)18(11-20-12-18)9-17(24)22-15-5-6-16-21-7-8-23(16)10-15/h1-8,10,20H,9,11-12H2,(H,22,24). The fourth-order valence-corrected chi connectivity index (χ4v) is 3.17. The van der Waals surface area contributed by atoms with Crippen LogP contribution < -0.4 is 10.6 Å². The van der Waals surface area contributed by atoms with Gasteiger partial charge in [-0.25, -0.2) is 9.37 Å². The number of nitrogens with zero attached hydrogens (tertiary/aromatic N) is 2. The van der Waals surface area contributed by atoms with Gasteiger partial charge in [0.1, 0.15) is 11.5 Å². The van der Waals surface area contributed by atoms with Crippen LogP contribution in [0, 0.1) is 5.82 Å². The molecule has 0 bridgehead atoms. The van der Waals surface area contributed by atoms with Crippen LogP contribution in [0.4, 0.5) is 10.1 Å². The Labute approximate surface area is 138 Å². The van der Waals surface area contributed by atoms with Gasteiger partial charge in [0, 0.05) is 43.5 Å². The van der Waals surface area contributed by atoms with Crippen molar-refractivity contribution in [3.05, 3.63) is 66.4 Å². The lowest BCUT2D eigenvalue weighted by Gasteiger charge is -2.42. The minimum absolute atomic E-state index is 0.0553. The number of amides is 1. The summed E-state index contributed by atoms with van der Waals surface area (Å²) >= 11 is 0. The van der Waals surface area contributed by atoms with Gasteiger partial charge in [0.2, 0.25) is 5.91 Å². The third-order valence-electron chi connectivity index (χ3n) is 4.55. The van der Waals surface area contributed by atoms with E-state index in [1.165, 1.54) is 12.1 Å². The third-order valence-corrected chi connectivity index (χ3v) is 4.55. The number of fused-ring (bicyclic) bond motifs is 1. The van der Waals surface area contributed by atoms with E-state index in [1.807, 2.05) is 28.9 Å². The molecule has 0 saturated carbocycles. The number of hydrogen-bond donors (Lipinski definition) is 2. The fourth-order valence-electron chi connectivity index (χ4n) is 3.17. The molecule has 24 heavy (non-hydrogen) atoms. The normalized spacial score (nSPS) is 15.9. The lowest BCUT2D eigenvalue weighted by Crippen LogP contribution is -2.58. The van der Waals surface area contributed by atoms with Crippen molar-refractivity contribution in [1.82, 2.24) is 14.7 Å². The van der Waals surface area contributed by atoms with Gasteiger partial charge in [0.05, 0.1) is 5.69 Å². The Morgan fingerprint density at radius 2 is 2.04 bits per heavy atom. The molecule has 1 amide bonds. The number of carbonyl (C=O) groups excluding carboxylic acids is 1. The van der Waals surface area contributed by atoms with E-state index in [2.05, 4.69) is 15.6 Å². The largest absolute Gasteiger partial charge is 0.325 e. The number of imidazole rings is 1. The SMILES string of the molecule is O=C(CC1(c2ccc(F)cc2)CNC1)Nc1ccc2nccn2c1. The van der Waals surface area contributed by atoms with Gasteiger partial charge in [0.25, 0.3) is 0 Å². The molecule has 0 aliphatic carbocycles. The third kappa shape index (κ3) is 2.65. The van der Waals surface area contributed by atoms with Crippen molar-refractivity contribution in [1.29, 1.82) is 0 Å². The Kier molecular flexibility index (Phi) is 3.54. The first kappa shape index (κ1) is 14.8. The van der Waals surface area contributed by atoms with E-state index < -0.39 is 0 Å². The molecular formula is C18H17FN4O. The van der Waals surface area contributed by atoms with E-state index in [0.717, 1.165) is 16.9 Å². The highest BCUT2D eigenvalue weighted by molar-refractivity contribution is 5.91. The second kappa shape index (κ2) is 5.72. The first-order valence-corrected chi connectivity index (χ1v) is 7.84. The Morgan fingerprint density at radius 3 is 2.75 bits per heavy atom. The summed E-state index contributed by atoms with van der Waals surface area (Å²) in [4.78, 5) is 16.7. The summed E-state index contributed by atoms with van der Waals surface area (Å²) in [6.07, 6.45) is 5.74. The van der Waals surface area contributed by atoms with Crippen LogP contribution in [0.15, 0.2) is 55.0 Å². The summed E-state index contributed by atoms with van der Waals surface area (Å²) in [7, 11) is 0. The highest BCUT2D eigenvalue weighted by Gasteiger charge is 2.40. The molecule has 1 aromatic carbocycles. The number of pyridine rings is 1. The molecule has 4 rings (SSSR count). The van der Waals surface area contributed by atoms with Gasteiger partial charge >= 0.3 is 0 Å². The molecule has 6 heteroatoms. The van der Waals surface area contributed by atoms with Crippen molar-refractivity contribution < 1.29 is 9.18 Å². The van der Waals surface area contributed by atoms with Crippen LogP contribution in [0.1, 0.15) is 12.0 Å². The topological polar surface area (TPSA) is 58.4 Å². The maximum absolute atomic E-state index is 13.1. The number of anilines is 1. The first-order valence-electron chi connectivity index (χ1n) is 7.84. The van der Waals surface area contributed by atoms with Gasteiger partial charge in [-0.05, 0) is 29.8 Å². The van der Waals surface area contributed by atoms with Crippen molar-refractivity contribution in [3.8, 4) is 0 Å². The number of rotatable bonds is 4. The minimum Gasteiger partial charge on any atom is -0.325 e. The zero-order valence-corrected chi connectivity index (χ0v) is 13.0. The van der Waals surface area contributed by atoms with Crippen LogP contribution in [-0.4, -0.2) is 28.4 Å². The van der Waals surface area contributed by atoms with Crippen LogP contribution >= 0.6 is 0 Å². The number of aromatic nitrogens is 2. The Morgan fingerprint density at radius 1 is 1.25 bits per heavy atom. The average molecular weight is 324 g/mol. The van der Waals surface area contributed by atoms with E-state index >= 15 is 0 Å². The molecule has 3 heterocycles. The molecule has 3 aromatic rings. The van der Waals surface area contributed by atoms with E-state index in [1.54, 1.807) is 18.3 Å². The maximum Gasteiger partial charge on any atom is 0.225 e. The predicted molar refractivity (Wildman–Crippen MR) is 89.4 cm³/mol. The summed E-state index contributed by atoms with van der Waals surface area (Å²) < 4.78 is 15.0. The summed E-state index contributed by atoms with van der Waals surface area (Å²) in [5.41, 5.74) is 2.28. The van der Waals surface area contributed by atoms with Gasteiger partial charge < -0.3 is 15.0 Å². The van der Waals surface area contributed by atoms with Gasteiger partial charge in [-0.15, -0.1) is 0 Å². The number of hydrogen-bond acceptors (Lipinski definition) is 3. The van der Waals surface area contributed by atoms with Gasteiger partial charge in [-0.1, -0.05) is 12.1 Å². The molecule has 1 saturated heterocycles. The fraction of sp³-hybridized carbons (Fsp3) is 0.222. The second-order valence-electron chi connectivity index (χ2n) is 6.23. The van der Waals surface area contributed by atoms with E-state index in [9.17, 15) is 9.18 Å². The molecule has 2 N–H and O–H groups in total. The maximum atomic E-state index is 13.1. The van der Waals surface area contributed by atoms with E-state index in [-0.39, 0.29) is 17.1 Å².